The molecule has 0 aliphatic carbocycles. The van der Waals surface area contributed by atoms with Gasteiger partial charge in [-0.1, -0.05) is 30.3 Å². The van der Waals surface area contributed by atoms with Gasteiger partial charge in [0, 0.05) is 42.7 Å². The lowest BCUT2D eigenvalue weighted by Gasteiger charge is -2.42. The average Bonchev–Trinajstić information content (AvgIpc) is 3.69. The predicted molar refractivity (Wildman–Crippen MR) is 171 cm³/mol. The van der Waals surface area contributed by atoms with Gasteiger partial charge in [-0.05, 0) is 86.1 Å². The van der Waals surface area contributed by atoms with Gasteiger partial charge in [-0.2, -0.15) is 9.97 Å². The van der Waals surface area contributed by atoms with E-state index in [2.05, 4.69) is 14.7 Å². The number of piperazine rings is 1. The fourth-order valence-corrected chi connectivity index (χ4v) is 8.57. The Hall–Kier alpha value is -3.57. The van der Waals surface area contributed by atoms with Crippen LogP contribution in [0.4, 0.5) is 10.2 Å². The van der Waals surface area contributed by atoms with Crippen LogP contribution in [0.1, 0.15) is 38.5 Å². The van der Waals surface area contributed by atoms with E-state index in [4.69, 9.17) is 14.7 Å². The molecule has 236 valence electrons. The molecule has 5 heterocycles. The summed E-state index contributed by atoms with van der Waals surface area (Å²) >= 11 is 0. The van der Waals surface area contributed by atoms with Crippen molar-refractivity contribution < 1.29 is 24.4 Å². The number of rotatable bonds is 8. The number of aromatic nitrogens is 2. The van der Waals surface area contributed by atoms with E-state index in [0.717, 1.165) is 68.0 Å². The molecule has 4 aliphatic heterocycles. The van der Waals surface area contributed by atoms with E-state index < -0.39 is 11.9 Å². The van der Waals surface area contributed by atoms with Crippen molar-refractivity contribution in [3.05, 3.63) is 54.3 Å². The van der Waals surface area contributed by atoms with Crippen molar-refractivity contribution in [2.45, 2.75) is 62.3 Å². The summed E-state index contributed by atoms with van der Waals surface area (Å²) in [5, 5.41) is 32.0. The molecule has 2 bridgehead atoms. The molecule has 9 nitrogen and oxygen atoms in total. The van der Waals surface area contributed by atoms with Crippen LogP contribution in [0.25, 0.3) is 32.8 Å². The molecule has 3 aromatic carbocycles. The minimum Gasteiger partial charge on any atom is -0.508 e. The first-order valence-corrected chi connectivity index (χ1v) is 16.3. The zero-order chi connectivity index (χ0) is 30.7. The van der Waals surface area contributed by atoms with Gasteiger partial charge in [-0.25, -0.2) is 4.39 Å². The van der Waals surface area contributed by atoms with Gasteiger partial charge in [-0.15, -0.1) is 0 Å². The molecule has 4 saturated heterocycles. The molecule has 2 unspecified atom stereocenters. The van der Waals surface area contributed by atoms with Crippen LogP contribution >= 0.6 is 0 Å². The zero-order valence-corrected chi connectivity index (χ0v) is 25.4. The fraction of sp³-hybridized carbons (Fsp3) is 0.486. The summed E-state index contributed by atoms with van der Waals surface area (Å²) < 4.78 is 23.2. The highest BCUT2D eigenvalue weighted by molar-refractivity contribution is 6.01. The van der Waals surface area contributed by atoms with E-state index >= 15 is 4.39 Å². The number of halogens is 1. The summed E-state index contributed by atoms with van der Waals surface area (Å²) in [6.07, 6.45) is 5.73. The second kappa shape index (κ2) is 11.3. The molecule has 4 aliphatic rings. The highest BCUT2D eigenvalue weighted by Gasteiger charge is 2.45. The first kappa shape index (κ1) is 28.9. The Kier molecular flexibility index (Phi) is 7.28. The van der Waals surface area contributed by atoms with E-state index in [0.29, 0.717) is 43.0 Å². The van der Waals surface area contributed by atoms with Crippen LogP contribution in [0.5, 0.6) is 11.8 Å². The molecule has 1 aromatic heterocycles. The first-order valence-electron chi connectivity index (χ1n) is 16.3. The monoisotopic (exact) mass is 613 g/mol. The van der Waals surface area contributed by atoms with Crippen LogP contribution < -0.4 is 9.64 Å². The summed E-state index contributed by atoms with van der Waals surface area (Å²) in [5.74, 6) is 0.422. The first-order chi connectivity index (χ1) is 21.9. The lowest BCUT2D eigenvalue weighted by Crippen LogP contribution is -2.56. The van der Waals surface area contributed by atoms with E-state index in [-0.39, 0.29) is 41.5 Å². The number of phenolic OH excluding ortho intramolecular Hbond substituents is 1. The van der Waals surface area contributed by atoms with Gasteiger partial charge < -0.3 is 25.0 Å². The summed E-state index contributed by atoms with van der Waals surface area (Å²) in [6, 6.07) is 15.2. The largest absolute Gasteiger partial charge is 0.508 e. The third kappa shape index (κ3) is 4.99. The van der Waals surface area contributed by atoms with Crippen molar-refractivity contribution >= 4 is 27.5 Å². The number of fused-ring (bicyclic) bond motifs is 5. The predicted octanol–water partition coefficient (Wildman–Crippen LogP) is 4.31. The average molecular weight is 614 g/mol. The van der Waals surface area contributed by atoms with Crippen molar-refractivity contribution in [1.82, 2.24) is 19.8 Å². The topological polar surface area (TPSA) is 105 Å². The highest BCUT2D eigenvalue weighted by Crippen LogP contribution is 2.41. The maximum Gasteiger partial charge on any atom is 0.319 e. The number of ether oxygens (including phenoxy) is 1. The van der Waals surface area contributed by atoms with Crippen LogP contribution in [-0.4, -0.2) is 105 Å². The molecule has 45 heavy (non-hydrogen) atoms. The SMILES string of the molecule is OC[C@@H](O)CN1C2CCC1CN(c1nc(OCC34CCCN3CCC4)nc3c(F)c(-c4cccc5cc(O)ccc45)ccc13)C2. The molecule has 3 atom stereocenters. The third-order valence-corrected chi connectivity index (χ3v) is 10.8. The van der Waals surface area contributed by atoms with Crippen LogP contribution in [0.2, 0.25) is 0 Å². The molecule has 10 heteroatoms. The number of anilines is 1. The summed E-state index contributed by atoms with van der Waals surface area (Å²) in [6.45, 7) is 4.23. The van der Waals surface area contributed by atoms with Crippen molar-refractivity contribution in [1.29, 1.82) is 0 Å². The van der Waals surface area contributed by atoms with E-state index in [1.807, 2.05) is 36.4 Å². The minimum atomic E-state index is -0.768. The second-order valence-electron chi connectivity index (χ2n) is 13.4. The maximum atomic E-state index is 16.8. The van der Waals surface area contributed by atoms with E-state index in [1.165, 1.54) is 0 Å². The number of phenols is 1. The van der Waals surface area contributed by atoms with Crippen molar-refractivity contribution in [2.24, 2.45) is 0 Å². The Morgan fingerprint density at radius 3 is 2.47 bits per heavy atom. The van der Waals surface area contributed by atoms with Gasteiger partial charge in [0.15, 0.2) is 5.82 Å². The molecule has 4 aromatic rings. The molecule has 8 rings (SSSR count). The smallest absolute Gasteiger partial charge is 0.319 e. The van der Waals surface area contributed by atoms with Gasteiger partial charge in [0.1, 0.15) is 23.7 Å². The Bertz CT molecular complexity index is 1730. The highest BCUT2D eigenvalue weighted by atomic mass is 19.1. The Morgan fingerprint density at radius 2 is 1.71 bits per heavy atom. The molecule has 4 fully saturated rings. The number of hydrogen-bond acceptors (Lipinski definition) is 9. The Labute approximate surface area is 261 Å². The van der Waals surface area contributed by atoms with Gasteiger partial charge in [-0.3, -0.25) is 9.80 Å². The normalized spacial score (nSPS) is 23.7. The number of nitrogens with zero attached hydrogens (tertiary/aromatic N) is 5. The standard InChI is InChI=1S/C35H40FN5O4/c36-31-29(28-5-1-4-22-16-25(43)8-9-27(22)28)10-11-30-32(31)37-34(45-21-35-12-2-14-40(35)15-3-13-35)38-33(30)39-17-23-6-7-24(18-39)41(23)19-26(44)20-42/h1,4-5,8-11,16,23-24,26,42-44H,2-3,6-7,12-15,17-21H2/t23?,24?,26-/m0/s1. The molecule has 3 N–H and O–H groups in total. The van der Waals surface area contributed by atoms with Crippen LogP contribution in [0.15, 0.2) is 48.5 Å². The van der Waals surface area contributed by atoms with Crippen LogP contribution in [0, 0.1) is 5.82 Å². The quantitative estimate of drug-likeness (QED) is 0.268. The molecule has 0 radical (unpaired) electrons. The van der Waals surface area contributed by atoms with Crippen LogP contribution in [0.3, 0.4) is 0 Å². The van der Waals surface area contributed by atoms with E-state index in [9.17, 15) is 15.3 Å². The van der Waals surface area contributed by atoms with Gasteiger partial charge >= 0.3 is 6.01 Å². The molecule has 0 saturated carbocycles. The molecular formula is C35H40FN5O4. The minimum absolute atomic E-state index is 0.00562. The number of aliphatic hydroxyl groups excluding tert-OH is 2. The molecule has 0 amide bonds. The van der Waals surface area contributed by atoms with Crippen molar-refractivity contribution in [3.8, 4) is 22.9 Å². The van der Waals surface area contributed by atoms with E-state index in [1.54, 1.807) is 12.1 Å². The van der Waals surface area contributed by atoms with Crippen molar-refractivity contribution in [3.63, 3.8) is 0 Å². The van der Waals surface area contributed by atoms with Gasteiger partial charge in [0.05, 0.1) is 18.2 Å². The van der Waals surface area contributed by atoms with Crippen molar-refractivity contribution in [2.75, 3.05) is 50.8 Å². The lowest BCUT2D eigenvalue weighted by molar-refractivity contribution is 0.0375. The summed E-state index contributed by atoms with van der Waals surface area (Å²) in [4.78, 5) is 16.8. The number of benzene rings is 3. The maximum absolute atomic E-state index is 16.8. The summed E-state index contributed by atoms with van der Waals surface area (Å²) in [7, 11) is 0. The summed E-state index contributed by atoms with van der Waals surface area (Å²) in [5.41, 5.74) is 1.41. The number of aromatic hydroxyl groups is 1. The van der Waals surface area contributed by atoms with Gasteiger partial charge in [0.25, 0.3) is 0 Å². The molecular weight excluding hydrogens is 573 g/mol. The fourth-order valence-electron chi connectivity index (χ4n) is 8.57. The number of aliphatic hydroxyl groups is 2. The van der Waals surface area contributed by atoms with Gasteiger partial charge in [0.2, 0.25) is 0 Å². The third-order valence-electron chi connectivity index (χ3n) is 10.8. The Balaban J connectivity index is 1.20. The van der Waals surface area contributed by atoms with Crippen LogP contribution in [-0.2, 0) is 0 Å². The number of hydrogen-bond donors (Lipinski definition) is 3. The lowest BCUT2D eigenvalue weighted by atomic mass is 9.95. The second-order valence-corrected chi connectivity index (χ2v) is 13.4. The zero-order valence-electron chi connectivity index (χ0n) is 25.4. The molecule has 0 spiro atoms. The Morgan fingerprint density at radius 1 is 0.956 bits per heavy atom.